The zero-order valence-electron chi connectivity index (χ0n) is 27.2. The fraction of sp³-hybridized carbons (Fsp3) is 0. The first kappa shape index (κ1) is 27.4. The van der Waals surface area contributed by atoms with Gasteiger partial charge in [0.1, 0.15) is 0 Å². The molecule has 0 saturated heterocycles. The highest BCUT2D eigenvalue weighted by Crippen LogP contribution is 2.45. The van der Waals surface area contributed by atoms with Crippen LogP contribution in [0.1, 0.15) is 0 Å². The second-order valence-electron chi connectivity index (χ2n) is 13.4. The molecule has 0 spiro atoms. The van der Waals surface area contributed by atoms with Crippen molar-refractivity contribution in [3.8, 4) is 5.69 Å². The highest BCUT2D eigenvalue weighted by atomic mass is 15.2. The van der Waals surface area contributed by atoms with Crippen molar-refractivity contribution in [1.82, 2.24) is 4.57 Å². The van der Waals surface area contributed by atoms with E-state index in [1.54, 1.807) is 0 Å². The van der Waals surface area contributed by atoms with Crippen LogP contribution in [0.2, 0.25) is 0 Å². The van der Waals surface area contributed by atoms with Gasteiger partial charge in [-0.05, 0) is 93.9 Å². The summed E-state index contributed by atoms with van der Waals surface area (Å²) in [6, 6.07) is 66.8. The number of aromatic nitrogens is 1. The molecule has 0 radical (unpaired) electrons. The van der Waals surface area contributed by atoms with Gasteiger partial charge in [0.15, 0.2) is 0 Å². The largest absolute Gasteiger partial charge is 0.311 e. The Morgan fingerprint density at radius 3 is 1.70 bits per heavy atom. The van der Waals surface area contributed by atoms with E-state index in [1.807, 2.05) is 0 Å². The molecule has 0 bridgehead atoms. The zero-order valence-corrected chi connectivity index (χ0v) is 27.2. The molecule has 3 heterocycles. The van der Waals surface area contributed by atoms with E-state index in [0.29, 0.717) is 0 Å². The monoisotopic (exact) mass is 635 g/mol. The van der Waals surface area contributed by atoms with Gasteiger partial charge in [-0.3, -0.25) is 0 Å². The number of para-hydroxylation sites is 4. The molecular weight excluding hydrogens is 605 g/mol. The molecule has 11 rings (SSSR count). The van der Waals surface area contributed by atoms with E-state index in [4.69, 9.17) is 0 Å². The highest BCUT2D eigenvalue weighted by Gasteiger charge is 2.43. The van der Waals surface area contributed by atoms with Crippen LogP contribution >= 0.6 is 0 Å². The summed E-state index contributed by atoms with van der Waals surface area (Å²) < 4.78 is 2.43. The van der Waals surface area contributed by atoms with E-state index in [2.05, 4.69) is 196 Å². The number of rotatable bonds is 3. The van der Waals surface area contributed by atoms with E-state index >= 15 is 0 Å². The summed E-state index contributed by atoms with van der Waals surface area (Å²) in [7, 11) is 0. The van der Waals surface area contributed by atoms with Gasteiger partial charge in [0, 0.05) is 50.6 Å². The first-order valence-corrected chi connectivity index (χ1v) is 17.3. The SMILES string of the molecule is c1ccc(N2c3cc(-n4c5ccccc5c5ccccc54)ccc3B3c4ccccc4N(c4ccc5ccccc5c4)c4cccc2c43)cc1. The fourth-order valence-electron chi connectivity index (χ4n) is 8.66. The predicted octanol–water partition coefficient (Wildman–Crippen LogP) is 10.0. The van der Waals surface area contributed by atoms with Crippen molar-refractivity contribution in [3.63, 3.8) is 0 Å². The minimum Gasteiger partial charge on any atom is -0.311 e. The Hall–Kier alpha value is -6.52. The molecule has 0 fully saturated rings. The molecule has 0 N–H and O–H groups in total. The summed E-state index contributed by atoms with van der Waals surface area (Å²) in [6.45, 7) is 0.0799. The molecule has 3 nitrogen and oxygen atoms in total. The van der Waals surface area contributed by atoms with Crippen molar-refractivity contribution in [3.05, 3.63) is 182 Å². The summed E-state index contributed by atoms with van der Waals surface area (Å²) in [5.74, 6) is 0. The standard InChI is InChI=1S/C46H30BN3/c1-2-15-33(16-3-1)48-43-23-12-24-44-46(43)47(38-19-8-11-22-42(38)50(44)34-26-25-31-13-4-5-14-32(31)29-34)39-28-27-35(30-45(39)48)49-40-20-9-6-17-36(40)37-18-7-10-21-41(37)49/h1-30H. The Kier molecular flexibility index (Phi) is 5.76. The van der Waals surface area contributed by atoms with Crippen LogP contribution < -0.4 is 26.2 Å². The molecule has 4 heteroatoms. The van der Waals surface area contributed by atoms with Gasteiger partial charge in [-0.1, -0.05) is 115 Å². The van der Waals surface area contributed by atoms with Crippen LogP contribution in [-0.2, 0) is 0 Å². The first-order chi connectivity index (χ1) is 24.8. The van der Waals surface area contributed by atoms with E-state index in [9.17, 15) is 0 Å². The van der Waals surface area contributed by atoms with Crippen LogP contribution in [-0.4, -0.2) is 11.3 Å². The number of hydrogen-bond donors (Lipinski definition) is 0. The molecule has 2 aliphatic rings. The lowest BCUT2D eigenvalue weighted by Crippen LogP contribution is -2.61. The second kappa shape index (κ2) is 10.5. The molecule has 50 heavy (non-hydrogen) atoms. The molecule has 2 aliphatic heterocycles. The number of hydrogen-bond acceptors (Lipinski definition) is 2. The van der Waals surface area contributed by atoms with Crippen LogP contribution in [0.5, 0.6) is 0 Å². The van der Waals surface area contributed by atoms with Crippen LogP contribution in [0.25, 0.3) is 38.3 Å². The van der Waals surface area contributed by atoms with Crippen molar-refractivity contribution >= 4 is 89.8 Å². The second-order valence-corrected chi connectivity index (χ2v) is 13.4. The third-order valence-electron chi connectivity index (χ3n) is 10.7. The molecule has 232 valence electrons. The summed E-state index contributed by atoms with van der Waals surface area (Å²) in [4.78, 5) is 4.95. The maximum atomic E-state index is 2.48. The zero-order chi connectivity index (χ0) is 32.8. The minimum absolute atomic E-state index is 0.0799. The summed E-state index contributed by atoms with van der Waals surface area (Å²) in [5, 5.41) is 5.03. The average molecular weight is 636 g/mol. The Labute approximate surface area is 291 Å². The number of fused-ring (bicyclic) bond motifs is 8. The molecule has 0 aliphatic carbocycles. The molecular formula is C46H30BN3. The lowest BCUT2D eigenvalue weighted by atomic mass is 9.33. The number of benzene rings is 8. The maximum Gasteiger partial charge on any atom is 0.252 e. The van der Waals surface area contributed by atoms with Gasteiger partial charge in [-0.25, -0.2) is 0 Å². The molecule has 0 atom stereocenters. The molecule has 1 aromatic heterocycles. The van der Waals surface area contributed by atoms with Gasteiger partial charge in [0.05, 0.1) is 11.0 Å². The molecule has 0 unspecified atom stereocenters. The topological polar surface area (TPSA) is 11.4 Å². The molecule has 8 aromatic carbocycles. The van der Waals surface area contributed by atoms with Crippen LogP contribution in [0.15, 0.2) is 182 Å². The van der Waals surface area contributed by atoms with Gasteiger partial charge in [-0.2, -0.15) is 0 Å². The normalized spacial score (nSPS) is 13.1. The Morgan fingerprint density at radius 1 is 0.340 bits per heavy atom. The van der Waals surface area contributed by atoms with E-state index < -0.39 is 0 Å². The van der Waals surface area contributed by atoms with Crippen LogP contribution in [0.3, 0.4) is 0 Å². The third-order valence-corrected chi connectivity index (χ3v) is 10.7. The van der Waals surface area contributed by atoms with Crippen molar-refractivity contribution in [1.29, 1.82) is 0 Å². The minimum atomic E-state index is 0.0799. The van der Waals surface area contributed by atoms with Crippen molar-refractivity contribution in [2.75, 3.05) is 9.80 Å². The Bertz CT molecular complexity index is 2750. The van der Waals surface area contributed by atoms with E-state index in [1.165, 1.54) is 77.4 Å². The van der Waals surface area contributed by atoms with Gasteiger partial charge < -0.3 is 14.4 Å². The van der Waals surface area contributed by atoms with E-state index in [0.717, 1.165) is 11.4 Å². The van der Waals surface area contributed by atoms with Gasteiger partial charge >= 0.3 is 0 Å². The predicted molar refractivity (Wildman–Crippen MR) is 212 cm³/mol. The summed E-state index contributed by atoms with van der Waals surface area (Å²) in [5.41, 5.74) is 14.7. The van der Waals surface area contributed by atoms with Crippen molar-refractivity contribution in [2.45, 2.75) is 0 Å². The van der Waals surface area contributed by atoms with Crippen molar-refractivity contribution in [2.24, 2.45) is 0 Å². The molecule has 0 saturated carbocycles. The Balaban J connectivity index is 1.19. The maximum absolute atomic E-state index is 2.48. The average Bonchev–Trinajstić information content (AvgIpc) is 3.52. The third kappa shape index (κ3) is 3.82. The van der Waals surface area contributed by atoms with Gasteiger partial charge in [-0.15, -0.1) is 0 Å². The van der Waals surface area contributed by atoms with Crippen LogP contribution in [0, 0.1) is 0 Å². The van der Waals surface area contributed by atoms with E-state index in [-0.39, 0.29) is 6.71 Å². The molecule has 9 aromatic rings. The lowest BCUT2D eigenvalue weighted by molar-refractivity contribution is 1.17. The Morgan fingerprint density at radius 2 is 0.920 bits per heavy atom. The van der Waals surface area contributed by atoms with Crippen LogP contribution in [0.4, 0.5) is 34.1 Å². The van der Waals surface area contributed by atoms with Crippen molar-refractivity contribution < 1.29 is 0 Å². The summed E-state index contributed by atoms with van der Waals surface area (Å²) in [6.07, 6.45) is 0. The quantitative estimate of drug-likeness (QED) is 0.179. The molecule has 0 amide bonds. The number of anilines is 6. The first-order valence-electron chi connectivity index (χ1n) is 17.3. The lowest BCUT2D eigenvalue weighted by Gasteiger charge is -2.44. The fourth-order valence-corrected chi connectivity index (χ4v) is 8.66. The summed E-state index contributed by atoms with van der Waals surface area (Å²) >= 11 is 0. The smallest absolute Gasteiger partial charge is 0.252 e. The van der Waals surface area contributed by atoms with Gasteiger partial charge in [0.25, 0.3) is 6.71 Å². The van der Waals surface area contributed by atoms with Gasteiger partial charge in [0.2, 0.25) is 0 Å². The number of nitrogens with zero attached hydrogens (tertiary/aromatic N) is 3. The highest BCUT2D eigenvalue weighted by molar-refractivity contribution is 7.00.